The fourth-order valence-electron chi connectivity index (χ4n) is 2.80. The molecule has 1 aliphatic rings. The zero-order valence-electron chi connectivity index (χ0n) is 13.0. The van der Waals surface area contributed by atoms with Crippen LogP contribution in [0, 0.1) is 12.8 Å². The molecule has 7 heteroatoms. The van der Waals surface area contributed by atoms with Crippen LogP contribution in [0.25, 0.3) is 0 Å². The van der Waals surface area contributed by atoms with Gasteiger partial charge in [0.25, 0.3) is 10.0 Å². The second kappa shape index (κ2) is 6.46. The van der Waals surface area contributed by atoms with Gasteiger partial charge in [-0.15, -0.1) is 0 Å². The summed E-state index contributed by atoms with van der Waals surface area (Å²) in [5, 5.41) is 9.74. The van der Waals surface area contributed by atoms with Crippen LogP contribution in [0.2, 0.25) is 0 Å². The molecule has 0 aromatic carbocycles. The third-order valence-electron chi connectivity index (χ3n) is 4.20. The Labute approximate surface area is 126 Å². The van der Waals surface area contributed by atoms with E-state index in [9.17, 15) is 13.5 Å². The molecule has 0 saturated carbocycles. The number of aromatic nitrogens is 2. The minimum atomic E-state index is -3.51. The van der Waals surface area contributed by atoms with E-state index in [0.717, 1.165) is 18.8 Å². The Balaban J connectivity index is 2.14. The summed E-state index contributed by atoms with van der Waals surface area (Å²) in [4.78, 5) is 4.21. The largest absolute Gasteiger partial charge is 0.393 e. The molecule has 1 atom stereocenters. The van der Waals surface area contributed by atoms with Crippen molar-refractivity contribution < 1.29 is 13.5 Å². The number of nitrogens with zero attached hydrogens (tertiary/aromatic N) is 3. The second-order valence-corrected chi connectivity index (χ2v) is 7.69. The monoisotopic (exact) mass is 315 g/mol. The summed E-state index contributed by atoms with van der Waals surface area (Å²) in [7, 11) is -3.51. The molecular weight excluding hydrogens is 290 g/mol. The first-order valence-electron chi connectivity index (χ1n) is 7.58. The number of rotatable bonds is 5. The number of piperidine rings is 1. The van der Waals surface area contributed by atoms with E-state index in [1.807, 2.05) is 11.5 Å². The highest BCUT2D eigenvalue weighted by molar-refractivity contribution is 7.89. The quantitative estimate of drug-likeness (QED) is 0.891. The fraction of sp³-hybridized carbons (Fsp3) is 0.786. The summed E-state index contributed by atoms with van der Waals surface area (Å²) in [6.07, 6.45) is 3.60. The Kier molecular flexibility index (Phi) is 5.06. The normalized spacial score (nSPS) is 19.8. The maximum atomic E-state index is 12.6. The summed E-state index contributed by atoms with van der Waals surface area (Å²) >= 11 is 0. The van der Waals surface area contributed by atoms with E-state index >= 15 is 0 Å². The van der Waals surface area contributed by atoms with Gasteiger partial charge in [0.05, 0.1) is 6.10 Å². The van der Waals surface area contributed by atoms with Crippen molar-refractivity contribution >= 4 is 10.0 Å². The average Bonchev–Trinajstić information content (AvgIpc) is 2.81. The predicted molar refractivity (Wildman–Crippen MR) is 80.4 cm³/mol. The number of aliphatic hydroxyl groups excluding tert-OH is 1. The van der Waals surface area contributed by atoms with E-state index < -0.39 is 10.0 Å². The summed E-state index contributed by atoms with van der Waals surface area (Å²) in [5.41, 5.74) is 0. The zero-order chi connectivity index (χ0) is 15.6. The SMILES string of the molecule is CCCn1cc(S(=O)(=O)N2CCC(C(C)O)CC2)nc1C. The average molecular weight is 315 g/mol. The fourth-order valence-corrected chi connectivity index (χ4v) is 4.27. The Bertz CT molecular complexity index is 572. The van der Waals surface area contributed by atoms with Gasteiger partial charge in [0.1, 0.15) is 5.82 Å². The molecule has 2 rings (SSSR count). The van der Waals surface area contributed by atoms with Crippen molar-refractivity contribution in [3.05, 3.63) is 12.0 Å². The van der Waals surface area contributed by atoms with Crippen LogP contribution in [-0.4, -0.2) is 46.6 Å². The molecular formula is C14H25N3O3S. The van der Waals surface area contributed by atoms with Gasteiger partial charge in [0.2, 0.25) is 0 Å². The van der Waals surface area contributed by atoms with Crippen LogP contribution in [0.3, 0.4) is 0 Å². The van der Waals surface area contributed by atoms with E-state index in [-0.39, 0.29) is 17.0 Å². The van der Waals surface area contributed by atoms with Crippen LogP contribution >= 0.6 is 0 Å². The Morgan fingerprint density at radius 3 is 2.57 bits per heavy atom. The van der Waals surface area contributed by atoms with E-state index in [1.54, 1.807) is 13.1 Å². The van der Waals surface area contributed by atoms with Gasteiger partial charge < -0.3 is 9.67 Å². The van der Waals surface area contributed by atoms with Crippen LogP contribution < -0.4 is 0 Å². The molecule has 1 N–H and O–H groups in total. The molecule has 1 aliphatic heterocycles. The molecule has 120 valence electrons. The molecule has 0 bridgehead atoms. The lowest BCUT2D eigenvalue weighted by molar-refractivity contribution is 0.0911. The minimum Gasteiger partial charge on any atom is -0.393 e. The molecule has 0 spiro atoms. The van der Waals surface area contributed by atoms with Gasteiger partial charge in [-0.05, 0) is 39.0 Å². The number of aryl methyl sites for hydroxylation is 2. The lowest BCUT2D eigenvalue weighted by atomic mass is 9.93. The molecule has 1 unspecified atom stereocenters. The highest BCUT2D eigenvalue weighted by Gasteiger charge is 2.32. The maximum absolute atomic E-state index is 12.6. The van der Waals surface area contributed by atoms with Crippen LogP contribution in [-0.2, 0) is 16.6 Å². The van der Waals surface area contributed by atoms with E-state index in [1.165, 1.54) is 4.31 Å². The van der Waals surface area contributed by atoms with E-state index in [0.29, 0.717) is 25.9 Å². The number of hydrogen-bond donors (Lipinski definition) is 1. The van der Waals surface area contributed by atoms with Crippen LogP contribution in [0.4, 0.5) is 0 Å². The zero-order valence-corrected chi connectivity index (χ0v) is 13.8. The Morgan fingerprint density at radius 2 is 2.05 bits per heavy atom. The topological polar surface area (TPSA) is 75.4 Å². The molecule has 1 aromatic heterocycles. The maximum Gasteiger partial charge on any atom is 0.262 e. The Hall–Kier alpha value is -0.920. The predicted octanol–water partition coefficient (Wildman–Crippen LogP) is 1.38. The summed E-state index contributed by atoms with van der Waals surface area (Å²) < 4.78 is 28.6. The molecule has 1 saturated heterocycles. The van der Waals surface area contributed by atoms with Crippen molar-refractivity contribution in [1.29, 1.82) is 0 Å². The molecule has 21 heavy (non-hydrogen) atoms. The van der Waals surface area contributed by atoms with Crippen molar-refractivity contribution in [2.75, 3.05) is 13.1 Å². The Morgan fingerprint density at radius 1 is 1.43 bits per heavy atom. The van der Waals surface area contributed by atoms with E-state index in [4.69, 9.17) is 0 Å². The van der Waals surface area contributed by atoms with Crippen molar-refractivity contribution in [2.45, 2.75) is 57.7 Å². The molecule has 0 aliphatic carbocycles. The number of sulfonamides is 1. The summed E-state index contributed by atoms with van der Waals surface area (Å²) in [5.74, 6) is 0.921. The lowest BCUT2D eigenvalue weighted by Gasteiger charge is -2.31. The van der Waals surface area contributed by atoms with Crippen molar-refractivity contribution in [2.24, 2.45) is 5.92 Å². The van der Waals surface area contributed by atoms with Crippen LogP contribution in [0.5, 0.6) is 0 Å². The standard InChI is InChI=1S/C14H25N3O3S/c1-4-7-16-10-14(15-12(16)3)21(19,20)17-8-5-13(6-9-17)11(2)18/h10-11,13,18H,4-9H2,1-3H3. The lowest BCUT2D eigenvalue weighted by Crippen LogP contribution is -2.40. The van der Waals surface area contributed by atoms with Gasteiger partial charge in [0, 0.05) is 25.8 Å². The number of hydrogen-bond acceptors (Lipinski definition) is 4. The molecule has 1 aromatic rings. The minimum absolute atomic E-state index is 0.143. The van der Waals surface area contributed by atoms with Crippen molar-refractivity contribution in [3.63, 3.8) is 0 Å². The van der Waals surface area contributed by atoms with Crippen LogP contribution in [0.15, 0.2) is 11.2 Å². The summed E-state index contributed by atoms with van der Waals surface area (Å²) in [6, 6.07) is 0. The molecule has 1 fully saturated rings. The highest BCUT2D eigenvalue weighted by atomic mass is 32.2. The third kappa shape index (κ3) is 3.46. The smallest absolute Gasteiger partial charge is 0.262 e. The van der Waals surface area contributed by atoms with Gasteiger partial charge in [-0.25, -0.2) is 13.4 Å². The van der Waals surface area contributed by atoms with Gasteiger partial charge in [0.15, 0.2) is 5.03 Å². The molecule has 6 nitrogen and oxygen atoms in total. The first-order valence-corrected chi connectivity index (χ1v) is 9.02. The first kappa shape index (κ1) is 16.5. The van der Waals surface area contributed by atoms with Crippen LogP contribution in [0.1, 0.15) is 38.9 Å². The van der Waals surface area contributed by atoms with Gasteiger partial charge >= 0.3 is 0 Å². The first-order chi connectivity index (χ1) is 9.86. The number of aliphatic hydroxyl groups is 1. The van der Waals surface area contributed by atoms with Crippen molar-refractivity contribution in [1.82, 2.24) is 13.9 Å². The number of imidazole rings is 1. The van der Waals surface area contributed by atoms with Gasteiger partial charge in [-0.2, -0.15) is 4.31 Å². The third-order valence-corrected chi connectivity index (χ3v) is 5.97. The van der Waals surface area contributed by atoms with Crippen molar-refractivity contribution in [3.8, 4) is 0 Å². The second-order valence-electron chi connectivity index (χ2n) is 5.80. The van der Waals surface area contributed by atoms with Gasteiger partial charge in [-0.1, -0.05) is 6.92 Å². The molecule has 0 radical (unpaired) electrons. The summed E-state index contributed by atoms with van der Waals surface area (Å²) in [6.45, 7) is 7.33. The highest BCUT2D eigenvalue weighted by Crippen LogP contribution is 2.25. The molecule has 2 heterocycles. The van der Waals surface area contributed by atoms with E-state index in [2.05, 4.69) is 11.9 Å². The molecule has 0 amide bonds. The van der Waals surface area contributed by atoms with Gasteiger partial charge in [-0.3, -0.25) is 0 Å².